The van der Waals surface area contributed by atoms with Gasteiger partial charge in [-0.3, -0.25) is 19.4 Å². The van der Waals surface area contributed by atoms with Crippen molar-refractivity contribution in [2.45, 2.75) is 76.0 Å². The van der Waals surface area contributed by atoms with Crippen molar-refractivity contribution in [3.63, 3.8) is 0 Å². The summed E-state index contributed by atoms with van der Waals surface area (Å²) < 4.78 is 6.06. The van der Waals surface area contributed by atoms with E-state index in [1.807, 2.05) is 30.3 Å². The van der Waals surface area contributed by atoms with Gasteiger partial charge in [-0.25, -0.2) is 4.79 Å². The van der Waals surface area contributed by atoms with Crippen LogP contribution in [0.2, 0.25) is 0 Å². The van der Waals surface area contributed by atoms with Crippen LogP contribution in [0.25, 0.3) is 0 Å². The fourth-order valence-corrected chi connectivity index (χ4v) is 7.35. The molecule has 6 rings (SSSR count). The van der Waals surface area contributed by atoms with E-state index >= 15 is 0 Å². The molecule has 0 spiro atoms. The average Bonchev–Trinajstić information content (AvgIpc) is 2.96. The molecule has 4 fully saturated rings. The number of alkyl carbamates (subject to hydrolysis) is 1. The Bertz CT molecular complexity index is 1240. The van der Waals surface area contributed by atoms with E-state index in [0.717, 1.165) is 48.6 Å². The van der Waals surface area contributed by atoms with E-state index in [1.54, 1.807) is 31.5 Å². The molecule has 0 radical (unpaired) electrons. The highest BCUT2D eigenvalue weighted by Crippen LogP contribution is 2.54. The van der Waals surface area contributed by atoms with Crippen LogP contribution in [0.4, 0.5) is 4.79 Å². The first-order valence-corrected chi connectivity index (χ1v) is 14.9. The number of rotatable bonds is 12. The number of carbonyl (C=O) groups excluding carboxylic acids is 3. The molecule has 4 saturated carbocycles. The Hall–Kier alpha value is -3.95. The van der Waals surface area contributed by atoms with Crippen LogP contribution < -0.4 is 16.0 Å². The fraction of sp³-hybridized carbons (Fsp3) is 0.531. The van der Waals surface area contributed by atoms with Crippen LogP contribution in [-0.2, 0) is 25.5 Å². The van der Waals surface area contributed by atoms with Crippen molar-refractivity contribution in [2.75, 3.05) is 6.54 Å². The van der Waals surface area contributed by atoms with Crippen LogP contribution in [0.15, 0.2) is 54.9 Å². The van der Waals surface area contributed by atoms with E-state index in [-0.39, 0.29) is 31.9 Å². The topological polar surface area (TPSA) is 147 Å². The summed E-state index contributed by atoms with van der Waals surface area (Å²) >= 11 is 0. The molecular formula is C32H40N4O6. The third-order valence-electron chi connectivity index (χ3n) is 9.14. The lowest BCUT2D eigenvalue weighted by Crippen LogP contribution is -2.60. The highest BCUT2D eigenvalue weighted by Gasteiger charge is 2.50. The number of hydrogen-bond acceptors (Lipinski definition) is 6. The molecule has 10 heteroatoms. The number of carbonyl (C=O) groups is 4. The highest BCUT2D eigenvalue weighted by molar-refractivity contribution is 5.90. The Balaban J connectivity index is 1.27. The van der Waals surface area contributed by atoms with E-state index in [2.05, 4.69) is 20.9 Å². The molecule has 4 aliphatic carbocycles. The van der Waals surface area contributed by atoms with Crippen LogP contribution in [0.3, 0.4) is 0 Å². The summed E-state index contributed by atoms with van der Waals surface area (Å²) in [6.45, 7) is 1.71. The largest absolute Gasteiger partial charge is 0.481 e. The smallest absolute Gasteiger partial charge is 0.408 e. The van der Waals surface area contributed by atoms with Gasteiger partial charge in [-0.05, 0) is 86.0 Å². The summed E-state index contributed by atoms with van der Waals surface area (Å²) in [5.41, 5.74) is 0.226. The second-order valence-electron chi connectivity index (χ2n) is 12.4. The van der Waals surface area contributed by atoms with Crippen molar-refractivity contribution >= 4 is 23.9 Å². The molecule has 0 saturated heterocycles. The molecule has 1 aromatic carbocycles. The molecular weight excluding hydrogens is 536 g/mol. The predicted molar refractivity (Wildman–Crippen MR) is 154 cm³/mol. The highest BCUT2D eigenvalue weighted by atomic mass is 16.6. The number of aromatic nitrogens is 1. The molecule has 2 aromatic rings. The van der Waals surface area contributed by atoms with Crippen LogP contribution in [-0.4, -0.2) is 52.2 Å². The summed E-state index contributed by atoms with van der Waals surface area (Å²) in [6, 6.07) is 12.1. The van der Waals surface area contributed by atoms with Crippen molar-refractivity contribution in [3.8, 4) is 0 Å². The lowest BCUT2D eigenvalue weighted by atomic mass is 9.55. The van der Waals surface area contributed by atoms with Crippen LogP contribution in [0, 0.1) is 23.7 Å². The summed E-state index contributed by atoms with van der Waals surface area (Å²) in [7, 11) is 0. The monoisotopic (exact) mass is 576 g/mol. The lowest BCUT2D eigenvalue weighted by Gasteiger charge is -2.53. The van der Waals surface area contributed by atoms with E-state index in [4.69, 9.17) is 9.84 Å². The number of aliphatic carboxylic acids is 1. The zero-order chi connectivity index (χ0) is 29.7. The first-order valence-electron chi connectivity index (χ1n) is 14.9. The Kier molecular flexibility index (Phi) is 9.09. The number of benzene rings is 1. The molecule has 224 valence electrons. The van der Waals surface area contributed by atoms with Gasteiger partial charge in [0.2, 0.25) is 11.8 Å². The van der Waals surface area contributed by atoms with Crippen molar-refractivity contribution in [1.82, 2.24) is 20.9 Å². The van der Waals surface area contributed by atoms with E-state index < -0.39 is 35.5 Å². The van der Waals surface area contributed by atoms with Crippen molar-refractivity contribution in [1.29, 1.82) is 0 Å². The second kappa shape index (κ2) is 12.9. The quantitative estimate of drug-likeness (QED) is 0.301. The summed E-state index contributed by atoms with van der Waals surface area (Å²) in [5.74, 6) is 0.362. The Labute approximate surface area is 246 Å². The molecule has 4 aliphatic rings. The maximum absolute atomic E-state index is 13.8. The first kappa shape index (κ1) is 29.5. The molecule has 2 atom stereocenters. The Morgan fingerprint density at radius 1 is 0.952 bits per heavy atom. The van der Waals surface area contributed by atoms with Crippen molar-refractivity contribution in [3.05, 3.63) is 66.0 Å². The minimum atomic E-state index is -1.35. The number of pyridine rings is 1. The van der Waals surface area contributed by atoms with Gasteiger partial charge >= 0.3 is 12.1 Å². The van der Waals surface area contributed by atoms with Gasteiger partial charge in [-0.1, -0.05) is 30.3 Å². The summed E-state index contributed by atoms with van der Waals surface area (Å²) in [6.07, 6.45) is 8.05. The number of carboxylic acid groups (broad SMARTS) is 1. The normalized spacial score (nSPS) is 26.0. The maximum Gasteiger partial charge on any atom is 0.408 e. The number of hydrogen-bond donors (Lipinski definition) is 4. The molecule has 42 heavy (non-hydrogen) atoms. The predicted octanol–water partition coefficient (Wildman–Crippen LogP) is 3.77. The minimum absolute atomic E-state index is 0.0415. The Morgan fingerprint density at radius 2 is 1.60 bits per heavy atom. The third-order valence-corrected chi connectivity index (χ3v) is 9.14. The molecule has 4 N–H and O–H groups in total. The van der Waals surface area contributed by atoms with Crippen LogP contribution in [0.1, 0.15) is 69.0 Å². The lowest BCUT2D eigenvalue weighted by molar-refractivity contribution is -0.138. The number of carboxylic acids is 1. The number of nitrogens with one attached hydrogen (secondary N) is 3. The first-order chi connectivity index (χ1) is 20.2. The summed E-state index contributed by atoms with van der Waals surface area (Å²) in [5, 5.41) is 17.6. The maximum atomic E-state index is 13.8. The number of nitrogens with zero attached hydrogens (tertiary/aromatic N) is 1. The van der Waals surface area contributed by atoms with E-state index in [1.165, 1.54) is 6.42 Å². The van der Waals surface area contributed by atoms with Crippen molar-refractivity contribution in [2.24, 2.45) is 23.7 Å². The molecule has 1 aromatic heterocycles. The molecule has 4 bridgehead atoms. The molecule has 10 nitrogen and oxygen atoms in total. The molecule has 1 heterocycles. The summed E-state index contributed by atoms with van der Waals surface area (Å²) in [4.78, 5) is 54.6. The molecule has 0 aliphatic heterocycles. The minimum Gasteiger partial charge on any atom is -0.481 e. The molecule has 3 amide bonds. The average molecular weight is 577 g/mol. The zero-order valence-corrected chi connectivity index (χ0v) is 24.0. The van der Waals surface area contributed by atoms with E-state index in [9.17, 15) is 19.2 Å². The van der Waals surface area contributed by atoms with Crippen LogP contribution in [0.5, 0.6) is 0 Å². The van der Waals surface area contributed by atoms with Gasteiger partial charge < -0.3 is 25.8 Å². The van der Waals surface area contributed by atoms with Gasteiger partial charge in [0.05, 0.1) is 12.5 Å². The number of ether oxygens (including phenoxy) is 1. The van der Waals surface area contributed by atoms with Gasteiger partial charge in [0.15, 0.2) is 0 Å². The molecule has 2 unspecified atom stereocenters. The van der Waals surface area contributed by atoms with Crippen LogP contribution >= 0.6 is 0 Å². The van der Waals surface area contributed by atoms with Gasteiger partial charge in [-0.2, -0.15) is 0 Å². The van der Waals surface area contributed by atoms with E-state index in [0.29, 0.717) is 11.8 Å². The fourth-order valence-electron chi connectivity index (χ4n) is 7.35. The number of amides is 3. The van der Waals surface area contributed by atoms with Crippen molar-refractivity contribution < 1.29 is 29.0 Å². The van der Waals surface area contributed by atoms with Gasteiger partial charge in [0.25, 0.3) is 0 Å². The Morgan fingerprint density at radius 3 is 2.21 bits per heavy atom. The van der Waals surface area contributed by atoms with Gasteiger partial charge in [-0.15, -0.1) is 0 Å². The standard InChI is InChI=1S/C32H40N4O6/c1-32(18-20-9-11-33-12-10-20,36-31(41)42-29-24-14-21-13-22(16-24)17-25(29)15-21)30(40)34-19-26(23-5-3-2-4-6-23)35-27(37)7-8-28(38)39/h2-6,9-12,21-22,24-26,29H,7-8,13-19H2,1H3,(H,34,40)(H,35,37)(H,36,41)(H,38,39). The SMILES string of the molecule is CC(Cc1ccncc1)(NC(=O)OC1C2CC3CC(C2)CC1C3)C(=O)NCC(NC(=O)CCC(=O)O)c1ccccc1. The third kappa shape index (κ3) is 7.27. The van der Waals surface area contributed by atoms with Gasteiger partial charge in [0, 0.05) is 31.8 Å². The van der Waals surface area contributed by atoms with Gasteiger partial charge in [0.1, 0.15) is 11.6 Å². The second-order valence-corrected chi connectivity index (χ2v) is 12.4. The zero-order valence-electron chi connectivity index (χ0n) is 24.0.